The van der Waals surface area contributed by atoms with Crippen LogP contribution in [0.15, 0.2) is 17.4 Å². The molecule has 4 heterocycles. The van der Waals surface area contributed by atoms with E-state index in [1.807, 2.05) is 19.9 Å². The van der Waals surface area contributed by atoms with Crippen LogP contribution >= 0.6 is 11.8 Å². The predicted molar refractivity (Wildman–Crippen MR) is 108 cm³/mol. The van der Waals surface area contributed by atoms with Crippen LogP contribution in [0.3, 0.4) is 0 Å². The van der Waals surface area contributed by atoms with Gasteiger partial charge in [0.05, 0.1) is 37.9 Å². The average molecular weight is 388 g/mol. The minimum absolute atomic E-state index is 0.535. The Hall–Kier alpha value is -1.47. The van der Waals surface area contributed by atoms with Crippen LogP contribution in [0, 0.1) is 13.8 Å². The van der Waals surface area contributed by atoms with Crippen LogP contribution < -0.4 is 0 Å². The highest BCUT2D eigenvalue weighted by atomic mass is 32.2. The number of nitrogens with zero attached hydrogens (tertiary/aromatic N) is 6. The molecule has 0 amide bonds. The first-order chi connectivity index (χ1) is 12.9. The van der Waals surface area contributed by atoms with E-state index in [2.05, 4.69) is 45.3 Å². The van der Waals surface area contributed by atoms with E-state index in [9.17, 15) is 0 Å². The lowest BCUT2D eigenvalue weighted by molar-refractivity contribution is -0.931. The maximum atomic E-state index is 4.49. The third-order valence-corrected chi connectivity index (χ3v) is 7.44. The van der Waals surface area contributed by atoms with E-state index in [1.54, 1.807) is 11.8 Å². The molecule has 2 saturated heterocycles. The Balaban J connectivity index is 1.28. The zero-order chi connectivity index (χ0) is 19.0. The molecule has 0 spiro atoms. The minimum atomic E-state index is 0.535. The Morgan fingerprint density at radius 3 is 2.44 bits per heavy atom. The number of piperidine rings is 1. The topological polar surface area (TPSA) is 56.5 Å². The Morgan fingerprint density at radius 1 is 1.11 bits per heavy atom. The van der Waals surface area contributed by atoms with Crippen LogP contribution in [0.5, 0.6) is 0 Å². The monoisotopic (exact) mass is 387 g/mol. The van der Waals surface area contributed by atoms with Crippen molar-refractivity contribution in [3.05, 3.63) is 29.3 Å². The Morgan fingerprint density at radius 2 is 1.78 bits per heavy atom. The summed E-state index contributed by atoms with van der Waals surface area (Å²) in [6.45, 7) is 4.04. The molecule has 2 aromatic rings. The number of fused-ring (bicyclic) bond motifs is 2. The van der Waals surface area contributed by atoms with E-state index >= 15 is 0 Å². The molecule has 4 rings (SSSR count). The Labute approximate surface area is 166 Å². The lowest BCUT2D eigenvalue weighted by atomic mass is 9.96. The number of aryl methyl sites for hydroxylation is 3. The number of rotatable bonds is 6. The molecule has 146 valence electrons. The highest BCUT2D eigenvalue weighted by molar-refractivity contribution is 7.99. The van der Waals surface area contributed by atoms with Gasteiger partial charge in [0, 0.05) is 49.0 Å². The van der Waals surface area contributed by atoms with Crippen LogP contribution in [0.1, 0.15) is 55.2 Å². The lowest BCUT2D eigenvalue weighted by Crippen LogP contribution is -2.54. The fourth-order valence-corrected chi connectivity index (χ4v) is 5.74. The number of hydrogen-bond acceptors (Lipinski definition) is 5. The Kier molecular flexibility index (Phi) is 5.25. The first-order valence-corrected chi connectivity index (χ1v) is 11.1. The molecule has 6 nitrogen and oxygen atoms in total. The molecular weight excluding hydrogens is 356 g/mol. The highest BCUT2D eigenvalue weighted by Crippen LogP contribution is 2.43. The van der Waals surface area contributed by atoms with Gasteiger partial charge in [-0.3, -0.25) is 0 Å². The van der Waals surface area contributed by atoms with Crippen molar-refractivity contribution in [3.8, 4) is 0 Å². The zero-order valence-corrected chi connectivity index (χ0v) is 17.7. The van der Waals surface area contributed by atoms with Gasteiger partial charge in [0.15, 0.2) is 5.16 Å². The first kappa shape index (κ1) is 18.9. The van der Waals surface area contributed by atoms with E-state index in [1.165, 1.54) is 30.2 Å². The van der Waals surface area contributed by atoms with Gasteiger partial charge in [-0.25, -0.2) is 14.6 Å². The van der Waals surface area contributed by atoms with Crippen molar-refractivity contribution in [1.29, 1.82) is 0 Å². The third kappa shape index (κ3) is 4.04. The Bertz CT molecular complexity index is 765. The zero-order valence-electron chi connectivity index (χ0n) is 16.9. The van der Waals surface area contributed by atoms with Gasteiger partial charge in [0.2, 0.25) is 0 Å². The molecule has 2 aliphatic heterocycles. The quantitative estimate of drug-likeness (QED) is 0.329. The van der Waals surface area contributed by atoms with Crippen molar-refractivity contribution in [2.75, 3.05) is 19.8 Å². The normalized spacial score (nSPS) is 26.4. The molecule has 0 N–H and O–H groups in total. The second-order valence-electron chi connectivity index (χ2n) is 8.71. The number of quaternary nitrogens is 1. The summed E-state index contributed by atoms with van der Waals surface area (Å²) in [6.07, 6.45) is 9.45. The van der Waals surface area contributed by atoms with Gasteiger partial charge in [-0.1, -0.05) is 17.0 Å². The fraction of sp³-hybridized carbons (Fsp3) is 0.700. The van der Waals surface area contributed by atoms with Crippen LogP contribution in [0.25, 0.3) is 0 Å². The maximum Gasteiger partial charge on any atom is 0.187 e. The van der Waals surface area contributed by atoms with Gasteiger partial charge in [0.25, 0.3) is 0 Å². The van der Waals surface area contributed by atoms with Crippen molar-refractivity contribution in [1.82, 2.24) is 25.0 Å². The van der Waals surface area contributed by atoms with Gasteiger partial charge in [-0.15, -0.1) is 5.10 Å². The molecule has 2 aromatic heterocycles. The van der Waals surface area contributed by atoms with Gasteiger partial charge in [-0.05, 0) is 32.8 Å². The summed E-state index contributed by atoms with van der Waals surface area (Å²) in [4.78, 5) is 8.99. The standard InChI is InChI=1S/C20H31N6S/c1-14-10-15(2)22-20(21-14)27-9-5-6-16-13-25(24-23-16)17-11-18-7-8-19(12-17)26(18,3)4/h10,13,17-19H,5-9,11-12H2,1-4H3/q+1/t17?,18-,19+. The van der Waals surface area contributed by atoms with Crippen LogP contribution in [-0.4, -0.2) is 61.4 Å². The van der Waals surface area contributed by atoms with Gasteiger partial charge >= 0.3 is 0 Å². The molecule has 0 saturated carbocycles. The summed E-state index contributed by atoms with van der Waals surface area (Å²) >= 11 is 1.73. The number of hydrogen-bond donors (Lipinski definition) is 0. The van der Waals surface area contributed by atoms with Crippen molar-refractivity contribution < 1.29 is 4.48 Å². The second-order valence-corrected chi connectivity index (χ2v) is 9.78. The lowest BCUT2D eigenvalue weighted by Gasteiger charge is -2.44. The summed E-state index contributed by atoms with van der Waals surface area (Å²) in [5, 5.41) is 9.79. The third-order valence-electron chi connectivity index (χ3n) is 6.51. The molecule has 3 atom stereocenters. The van der Waals surface area contributed by atoms with Crippen LogP contribution in [0.4, 0.5) is 0 Å². The molecule has 7 heteroatoms. The molecule has 0 radical (unpaired) electrons. The molecule has 2 aliphatic rings. The highest BCUT2D eigenvalue weighted by Gasteiger charge is 2.49. The summed E-state index contributed by atoms with van der Waals surface area (Å²) < 4.78 is 3.36. The summed E-state index contributed by atoms with van der Waals surface area (Å²) in [7, 11) is 4.81. The van der Waals surface area contributed by atoms with E-state index < -0.39 is 0 Å². The van der Waals surface area contributed by atoms with Crippen molar-refractivity contribution in [2.24, 2.45) is 0 Å². The van der Waals surface area contributed by atoms with E-state index in [0.29, 0.717) is 6.04 Å². The molecule has 0 aromatic carbocycles. The smallest absolute Gasteiger partial charge is 0.187 e. The fourth-order valence-electron chi connectivity index (χ4n) is 4.85. The van der Waals surface area contributed by atoms with Crippen molar-refractivity contribution >= 4 is 11.8 Å². The van der Waals surface area contributed by atoms with Gasteiger partial charge < -0.3 is 4.48 Å². The van der Waals surface area contributed by atoms with E-state index in [4.69, 9.17) is 0 Å². The van der Waals surface area contributed by atoms with Gasteiger partial charge in [-0.2, -0.15) is 0 Å². The first-order valence-electron chi connectivity index (χ1n) is 10.1. The number of thioether (sulfide) groups is 1. The van der Waals surface area contributed by atoms with E-state index in [0.717, 1.165) is 52.9 Å². The molecular formula is C20H31N6S+. The SMILES string of the molecule is Cc1cc(C)nc(SCCCc2cn(C3C[C@H]4CC[C@@H](C3)[N+]4(C)C)nn2)n1. The van der Waals surface area contributed by atoms with Crippen LogP contribution in [0.2, 0.25) is 0 Å². The minimum Gasteiger partial charge on any atom is -0.323 e. The summed E-state index contributed by atoms with van der Waals surface area (Å²) in [5.41, 5.74) is 3.19. The maximum absolute atomic E-state index is 4.49. The second kappa shape index (κ2) is 7.51. The van der Waals surface area contributed by atoms with E-state index in [-0.39, 0.29) is 0 Å². The number of aromatic nitrogens is 5. The molecule has 2 bridgehead atoms. The molecule has 0 aliphatic carbocycles. The largest absolute Gasteiger partial charge is 0.323 e. The van der Waals surface area contributed by atoms with Crippen LogP contribution in [-0.2, 0) is 6.42 Å². The van der Waals surface area contributed by atoms with Crippen molar-refractivity contribution in [2.45, 2.75) is 75.7 Å². The molecule has 27 heavy (non-hydrogen) atoms. The predicted octanol–water partition coefficient (Wildman–Crippen LogP) is 3.35. The average Bonchev–Trinajstić information content (AvgIpc) is 3.07. The molecule has 1 unspecified atom stereocenters. The molecule has 2 fully saturated rings. The summed E-state index contributed by atoms with van der Waals surface area (Å²) in [5.74, 6) is 1.01. The van der Waals surface area contributed by atoms with Crippen molar-refractivity contribution in [3.63, 3.8) is 0 Å². The van der Waals surface area contributed by atoms with Gasteiger partial charge in [0.1, 0.15) is 0 Å². The summed E-state index contributed by atoms with van der Waals surface area (Å²) in [6, 6.07) is 4.12.